The Morgan fingerprint density at radius 2 is 1.86 bits per heavy atom. The number of carbonyl (C=O) groups excluding carboxylic acids is 1. The van der Waals surface area contributed by atoms with Crippen LogP contribution in [0.15, 0.2) is 24.5 Å². The Balaban J connectivity index is 1.52. The topological polar surface area (TPSA) is 61.4 Å². The number of nitrogens with zero attached hydrogens (tertiary/aromatic N) is 4. The normalized spacial score (nSPS) is 25.9. The van der Waals surface area contributed by atoms with Crippen LogP contribution in [-0.4, -0.2) is 63.4 Å². The highest BCUT2D eigenvalue weighted by Crippen LogP contribution is 2.38. The summed E-state index contributed by atoms with van der Waals surface area (Å²) in [6, 6.07) is 4.08. The maximum absolute atomic E-state index is 13.5. The van der Waals surface area contributed by atoms with E-state index in [1.54, 1.807) is 0 Å². The van der Waals surface area contributed by atoms with Crippen molar-refractivity contribution in [2.45, 2.75) is 83.7 Å². The molecule has 1 saturated heterocycles. The third-order valence-corrected chi connectivity index (χ3v) is 7.99. The number of anilines is 1. The average Bonchev–Trinajstić information content (AvgIpc) is 3.17. The van der Waals surface area contributed by atoms with Crippen LogP contribution >= 0.6 is 0 Å². The molecule has 0 spiro atoms. The molecule has 35 heavy (non-hydrogen) atoms. The predicted molar refractivity (Wildman–Crippen MR) is 131 cm³/mol. The zero-order chi connectivity index (χ0) is 25.5. The van der Waals surface area contributed by atoms with Crippen LogP contribution < -0.4 is 5.32 Å². The minimum atomic E-state index is -4.46. The summed E-state index contributed by atoms with van der Waals surface area (Å²) in [5, 5.41) is 3.42. The maximum atomic E-state index is 13.5. The van der Waals surface area contributed by atoms with Crippen molar-refractivity contribution in [3.63, 3.8) is 0 Å². The van der Waals surface area contributed by atoms with E-state index in [4.69, 9.17) is 0 Å². The molecule has 6 nitrogen and oxygen atoms in total. The lowest BCUT2D eigenvalue weighted by Crippen LogP contribution is -2.52. The van der Waals surface area contributed by atoms with E-state index >= 15 is 0 Å². The van der Waals surface area contributed by atoms with Gasteiger partial charge in [0.15, 0.2) is 0 Å². The summed E-state index contributed by atoms with van der Waals surface area (Å²) in [4.78, 5) is 26.2. The molecule has 1 aromatic carbocycles. The number of amides is 1. The minimum absolute atomic E-state index is 0.00931. The van der Waals surface area contributed by atoms with Crippen LogP contribution in [0.3, 0.4) is 0 Å². The number of alkyl halides is 3. The molecule has 1 saturated carbocycles. The molecule has 4 atom stereocenters. The number of halogens is 3. The summed E-state index contributed by atoms with van der Waals surface area (Å²) in [5.41, 5.74) is -0.351. The number of aromatic nitrogens is 2. The predicted octanol–water partition coefficient (Wildman–Crippen LogP) is 5.19. The molecule has 9 heteroatoms. The molecule has 1 aliphatic carbocycles. The van der Waals surface area contributed by atoms with Gasteiger partial charge in [-0.25, -0.2) is 9.97 Å². The largest absolute Gasteiger partial charge is 0.416 e. The third kappa shape index (κ3) is 5.25. The third-order valence-electron chi connectivity index (χ3n) is 7.99. The smallest absolute Gasteiger partial charge is 0.358 e. The van der Waals surface area contributed by atoms with Gasteiger partial charge in [0.25, 0.3) is 0 Å². The minimum Gasteiger partial charge on any atom is -0.358 e. The molecular formula is C26H36F3N5O. The highest BCUT2D eigenvalue weighted by molar-refractivity contribution is 5.93. The summed E-state index contributed by atoms with van der Waals surface area (Å²) in [6.45, 7) is 9.54. The zero-order valence-electron chi connectivity index (χ0n) is 21.1. The lowest BCUT2D eigenvalue weighted by atomic mass is 9.74. The van der Waals surface area contributed by atoms with Crippen molar-refractivity contribution in [1.82, 2.24) is 19.8 Å². The quantitative estimate of drug-likeness (QED) is 0.602. The van der Waals surface area contributed by atoms with Gasteiger partial charge in [-0.1, -0.05) is 13.8 Å². The van der Waals surface area contributed by atoms with Crippen molar-refractivity contribution < 1.29 is 18.0 Å². The molecule has 0 unspecified atom stereocenters. The van der Waals surface area contributed by atoms with E-state index in [1.165, 1.54) is 12.4 Å². The molecule has 2 fully saturated rings. The first-order valence-corrected chi connectivity index (χ1v) is 12.6. The van der Waals surface area contributed by atoms with Crippen molar-refractivity contribution in [3.05, 3.63) is 30.1 Å². The second kappa shape index (κ2) is 9.91. The number of nitrogens with one attached hydrogen (secondary N) is 1. The molecule has 192 valence electrons. The SMILES string of the molecule is CC(C)[C@@H]1C[C@@H](N(C)C(C)C)CC[C@@H]1N1CC[C@H](Nc2ncnc3ccc(C(F)(F)F)cc23)C1=O. The first kappa shape index (κ1) is 25.7. The summed E-state index contributed by atoms with van der Waals surface area (Å²) >= 11 is 0. The molecule has 1 N–H and O–H groups in total. The Hall–Kier alpha value is -2.42. The van der Waals surface area contributed by atoms with Crippen molar-refractivity contribution in [3.8, 4) is 0 Å². The summed E-state index contributed by atoms with van der Waals surface area (Å²) in [5.74, 6) is 1.14. The van der Waals surface area contributed by atoms with Crippen molar-refractivity contribution in [1.29, 1.82) is 0 Å². The van der Waals surface area contributed by atoms with E-state index in [0.717, 1.165) is 31.4 Å². The van der Waals surface area contributed by atoms with Gasteiger partial charge in [0.05, 0.1) is 11.1 Å². The molecule has 1 amide bonds. The fraction of sp³-hybridized carbons (Fsp3) is 0.654. The van der Waals surface area contributed by atoms with Crippen LogP contribution in [0, 0.1) is 11.8 Å². The average molecular weight is 492 g/mol. The van der Waals surface area contributed by atoms with Gasteiger partial charge in [0.1, 0.15) is 18.2 Å². The fourth-order valence-corrected chi connectivity index (χ4v) is 5.74. The molecule has 2 aliphatic rings. The summed E-state index contributed by atoms with van der Waals surface area (Å²) < 4.78 is 39.8. The second-order valence-electron chi connectivity index (χ2n) is 10.7. The fourth-order valence-electron chi connectivity index (χ4n) is 5.74. The lowest BCUT2D eigenvalue weighted by Gasteiger charge is -2.46. The van der Waals surface area contributed by atoms with Gasteiger partial charge in [-0.05, 0) is 76.6 Å². The Bertz CT molecular complexity index is 1060. The van der Waals surface area contributed by atoms with Gasteiger partial charge in [0.2, 0.25) is 5.91 Å². The van der Waals surface area contributed by atoms with Crippen LogP contribution in [0.25, 0.3) is 10.9 Å². The molecule has 2 heterocycles. The van der Waals surface area contributed by atoms with Crippen molar-refractivity contribution >= 4 is 22.6 Å². The van der Waals surface area contributed by atoms with Crippen molar-refractivity contribution in [2.24, 2.45) is 11.8 Å². The molecule has 1 aromatic heterocycles. The first-order valence-electron chi connectivity index (χ1n) is 12.6. The second-order valence-corrected chi connectivity index (χ2v) is 10.7. The van der Waals surface area contributed by atoms with Crippen LogP contribution in [0.4, 0.5) is 19.0 Å². The number of likely N-dealkylation sites (tertiary alicyclic amines) is 1. The number of benzene rings is 1. The van der Waals surface area contributed by atoms with Gasteiger partial charge in [-0.2, -0.15) is 13.2 Å². The highest BCUT2D eigenvalue weighted by Gasteiger charge is 2.43. The Morgan fingerprint density at radius 3 is 2.51 bits per heavy atom. The highest BCUT2D eigenvalue weighted by atomic mass is 19.4. The number of rotatable bonds is 6. The Morgan fingerprint density at radius 1 is 1.11 bits per heavy atom. The van der Waals surface area contributed by atoms with Gasteiger partial charge in [0, 0.05) is 30.1 Å². The molecule has 0 bridgehead atoms. The van der Waals surface area contributed by atoms with Gasteiger partial charge in [-0.15, -0.1) is 0 Å². The lowest BCUT2D eigenvalue weighted by molar-refractivity contribution is -0.137. The Kier molecular flexibility index (Phi) is 7.27. The number of fused-ring (bicyclic) bond motifs is 1. The monoisotopic (exact) mass is 491 g/mol. The van der Waals surface area contributed by atoms with E-state index in [0.29, 0.717) is 42.4 Å². The van der Waals surface area contributed by atoms with Crippen LogP contribution in [-0.2, 0) is 11.0 Å². The molecular weight excluding hydrogens is 455 g/mol. The van der Waals surface area contributed by atoms with E-state index in [9.17, 15) is 18.0 Å². The molecule has 4 rings (SSSR count). The summed E-state index contributed by atoms with van der Waals surface area (Å²) in [7, 11) is 2.18. The zero-order valence-corrected chi connectivity index (χ0v) is 21.1. The Labute approximate surface area is 205 Å². The van der Waals surface area contributed by atoms with Gasteiger partial charge >= 0.3 is 6.18 Å². The van der Waals surface area contributed by atoms with Crippen LogP contribution in [0.5, 0.6) is 0 Å². The maximum Gasteiger partial charge on any atom is 0.416 e. The first-order chi connectivity index (χ1) is 16.5. The van der Waals surface area contributed by atoms with E-state index < -0.39 is 17.8 Å². The van der Waals surface area contributed by atoms with Gasteiger partial charge in [-0.3, -0.25) is 4.79 Å². The molecule has 1 aliphatic heterocycles. The van der Waals surface area contributed by atoms with E-state index in [2.05, 4.69) is 54.9 Å². The van der Waals surface area contributed by atoms with Gasteiger partial charge < -0.3 is 15.1 Å². The van der Waals surface area contributed by atoms with Crippen LogP contribution in [0.1, 0.15) is 58.9 Å². The van der Waals surface area contributed by atoms with Crippen molar-refractivity contribution in [2.75, 3.05) is 18.9 Å². The molecule has 0 radical (unpaired) electrons. The summed E-state index contributed by atoms with van der Waals surface area (Å²) in [6.07, 6.45) is 0.539. The van der Waals surface area contributed by atoms with E-state index in [-0.39, 0.29) is 23.2 Å². The molecule has 2 aromatic rings. The van der Waals surface area contributed by atoms with E-state index in [1.807, 2.05) is 4.90 Å². The number of hydrogen-bond donors (Lipinski definition) is 1. The number of hydrogen-bond acceptors (Lipinski definition) is 5. The standard InChI is InChI=1S/C26H36F3N5O/c1-15(2)19-13-18(33(5)16(3)4)7-9-23(19)34-11-10-22(25(34)35)32-24-20-12-17(26(27,28)29)6-8-21(20)30-14-31-24/h6,8,12,14-16,18-19,22-23H,7,9-11,13H2,1-5H3,(H,30,31,32)/t18-,19-,22-,23-/m0/s1. The number of carbonyl (C=O) groups is 1. The van der Waals surface area contributed by atoms with Crippen LogP contribution in [0.2, 0.25) is 0 Å².